The number of hydrogen-bond donors (Lipinski definition) is 0. The Morgan fingerprint density at radius 3 is 2.76 bits per heavy atom. The normalized spacial score (nSPS) is 21.8. The number of amidine groups is 1. The molecule has 0 N–H and O–H groups in total. The van der Waals surface area contributed by atoms with E-state index >= 15 is 0 Å². The number of anilines is 1. The maximum absolute atomic E-state index is 4.66. The average Bonchev–Trinajstić information content (AvgIpc) is 2.68. The van der Waals surface area contributed by atoms with Gasteiger partial charge in [-0.05, 0) is 37.6 Å². The van der Waals surface area contributed by atoms with Crippen molar-refractivity contribution in [1.82, 2.24) is 4.90 Å². The Kier molecular flexibility index (Phi) is 2.25. The average molecular weight is 225 g/mol. The molecule has 0 spiro atoms. The van der Waals surface area contributed by atoms with Gasteiger partial charge in [0.05, 0.1) is 5.69 Å². The monoisotopic (exact) mass is 225 g/mol. The fourth-order valence-electron chi connectivity index (χ4n) is 2.23. The number of hydrogen-bond acceptors (Lipinski definition) is 3. The van der Waals surface area contributed by atoms with Gasteiger partial charge in [-0.25, -0.2) is 5.01 Å². The third kappa shape index (κ3) is 1.55. The number of rotatable bonds is 1. The number of hydrazone groups is 1. The van der Waals surface area contributed by atoms with E-state index in [1.807, 2.05) is 18.2 Å². The molecule has 0 aromatic heterocycles. The van der Waals surface area contributed by atoms with Crippen LogP contribution in [-0.2, 0) is 0 Å². The summed E-state index contributed by atoms with van der Waals surface area (Å²) in [4.78, 5) is 2.17. The number of aryl methyl sites for hydroxylation is 1. The Morgan fingerprint density at radius 2 is 2.00 bits per heavy atom. The van der Waals surface area contributed by atoms with Gasteiger partial charge in [0.15, 0.2) is 5.84 Å². The molecule has 0 unspecified atom stereocenters. The van der Waals surface area contributed by atoms with Crippen molar-refractivity contribution in [2.75, 3.05) is 5.01 Å². The predicted octanol–water partition coefficient (Wildman–Crippen LogP) is 2.86. The molecule has 2 aliphatic heterocycles. The van der Waals surface area contributed by atoms with Gasteiger partial charge in [0, 0.05) is 6.20 Å². The lowest BCUT2D eigenvalue weighted by Gasteiger charge is -2.27. The second-order valence-electron chi connectivity index (χ2n) is 4.33. The first-order chi connectivity index (χ1) is 8.27. The molecule has 86 valence electrons. The minimum Gasteiger partial charge on any atom is -0.309 e. The quantitative estimate of drug-likeness (QED) is 0.732. The summed E-state index contributed by atoms with van der Waals surface area (Å²) in [6, 6.07) is 8.34. The van der Waals surface area contributed by atoms with Gasteiger partial charge in [-0.2, -0.15) is 5.10 Å². The van der Waals surface area contributed by atoms with Crippen molar-refractivity contribution in [3.63, 3.8) is 0 Å². The van der Waals surface area contributed by atoms with Crippen LogP contribution >= 0.6 is 0 Å². The second kappa shape index (κ2) is 3.77. The standard InChI is InChI=1S/C14H15N3/c1-11-7-3-4-8-13(11)17-12(2)16-10-6-5-9-14(16)15-17/h3-10,12H,1-2H3/t12-/m0/s1. The summed E-state index contributed by atoms with van der Waals surface area (Å²) < 4.78 is 0. The third-order valence-electron chi connectivity index (χ3n) is 3.20. The number of nitrogens with zero attached hydrogens (tertiary/aromatic N) is 3. The summed E-state index contributed by atoms with van der Waals surface area (Å²) in [6.45, 7) is 4.28. The zero-order valence-corrected chi connectivity index (χ0v) is 10.0. The van der Waals surface area contributed by atoms with Crippen LogP contribution in [0.15, 0.2) is 53.8 Å². The van der Waals surface area contributed by atoms with Crippen LogP contribution in [0, 0.1) is 6.92 Å². The third-order valence-corrected chi connectivity index (χ3v) is 3.20. The maximum atomic E-state index is 4.66. The van der Waals surface area contributed by atoms with Crippen molar-refractivity contribution < 1.29 is 0 Å². The van der Waals surface area contributed by atoms with E-state index in [9.17, 15) is 0 Å². The zero-order chi connectivity index (χ0) is 11.8. The molecule has 17 heavy (non-hydrogen) atoms. The fourth-order valence-corrected chi connectivity index (χ4v) is 2.23. The van der Waals surface area contributed by atoms with Gasteiger partial charge in [0.1, 0.15) is 6.17 Å². The smallest absolute Gasteiger partial charge is 0.154 e. The Bertz CT molecular complexity index is 528. The lowest BCUT2D eigenvalue weighted by molar-refractivity contribution is 0.450. The molecule has 0 aliphatic carbocycles. The van der Waals surface area contributed by atoms with E-state index < -0.39 is 0 Å². The lowest BCUT2D eigenvalue weighted by Crippen LogP contribution is -2.36. The van der Waals surface area contributed by atoms with E-state index in [0.717, 1.165) is 5.84 Å². The topological polar surface area (TPSA) is 18.8 Å². The number of fused-ring (bicyclic) bond motifs is 1. The highest BCUT2D eigenvalue weighted by molar-refractivity contribution is 5.97. The van der Waals surface area contributed by atoms with Crippen LogP contribution in [0.4, 0.5) is 5.69 Å². The molecule has 2 heterocycles. The predicted molar refractivity (Wildman–Crippen MR) is 70.7 cm³/mol. The van der Waals surface area contributed by atoms with E-state index in [2.05, 4.69) is 59.3 Å². The summed E-state index contributed by atoms with van der Waals surface area (Å²) in [5, 5.41) is 6.73. The molecule has 3 heteroatoms. The first-order valence-corrected chi connectivity index (χ1v) is 5.84. The molecule has 0 amide bonds. The summed E-state index contributed by atoms with van der Waals surface area (Å²) in [7, 11) is 0. The Balaban J connectivity index is 2.01. The van der Waals surface area contributed by atoms with Crippen molar-refractivity contribution in [3.8, 4) is 0 Å². The highest BCUT2D eigenvalue weighted by Gasteiger charge is 2.30. The van der Waals surface area contributed by atoms with Crippen molar-refractivity contribution in [2.24, 2.45) is 5.10 Å². The number of para-hydroxylation sites is 1. The van der Waals surface area contributed by atoms with E-state index in [1.54, 1.807) is 0 Å². The minimum atomic E-state index is 0.229. The molecule has 2 aliphatic rings. The summed E-state index contributed by atoms with van der Waals surface area (Å²) in [5.41, 5.74) is 2.42. The Morgan fingerprint density at radius 1 is 1.18 bits per heavy atom. The molecule has 3 rings (SSSR count). The molecular weight excluding hydrogens is 210 g/mol. The van der Waals surface area contributed by atoms with E-state index in [4.69, 9.17) is 0 Å². The Hall–Kier alpha value is -2.03. The molecule has 1 aromatic carbocycles. The molecule has 0 radical (unpaired) electrons. The maximum Gasteiger partial charge on any atom is 0.154 e. The van der Waals surface area contributed by atoms with Crippen LogP contribution < -0.4 is 5.01 Å². The molecule has 0 bridgehead atoms. The zero-order valence-electron chi connectivity index (χ0n) is 10.0. The molecule has 1 aromatic rings. The molecule has 0 fully saturated rings. The number of allylic oxidation sites excluding steroid dienone is 2. The lowest BCUT2D eigenvalue weighted by atomic mass is 10.2. The summed E-state index contributed by atoms with van der Waals surface area (Å²) in [5.74, 6) is 1.00. The molecule has 0 saturated carbocycles. The number of benzene rings is 1. The SMILES string of the molecule is Cc1ccccc1N1N=C2C=CC=CN2[C@@H]1C. The van der Waals surface area contributed by atoms with Crippen LogP contribution in [0.1, 0.15) is 12.5 Å². The van der Waals surface area contributed by atoms with Crippen LogP contribution in [0.5, 0.6) is 0 Å². The van der Waals surface area contributed by atoms with Gasteiger partial charge in [-0.15, -0.1) is 0 Å². The van der Waals surface area contributed by atoms with Crippen molar-refractivity contribution >= 4 is 11.5 Å². The van der Waals surface area contributed by atoms with E-state index in [-0.39, 0.29) is 6.17 Å². The fraction of sp³-hybridized carbons (Fsp3) is 0.214. The molecule has 3 nitrogen and oxygen atoms in total. The Labute approximate surface area is 101 Å². The van der Waals surface area contributed by atoms with Crippen LogP contribution in [-0.4, -0.2) is 16.9 Å². The largest absolute Gasteiger partial charge is 0.309 e. The first-order valence-electron chi connectivity index (χ1n) is 5.84. The summed E-state index contributed by atoms with van der Waals surface area (Å²) in [6.07, 6.45) is 8.39. The summed E-state index contributed by atoms with van der Waals surface area (Å²) >= 11 is 0. The molecule has 1 atom stereocenters. The van der Waals surface area contributed by atoms with Gasteiger partial charge in [0.25, 0.3) is 0 Å². The molecular formula is C14H15N3. The highest BCUT2D eigenvalue weighted by atomic mass is 15.6. The second-order valence-corrected chi connectivity index (χ2v) is 4.33. The van der Waals surface area contributed by atoms with Gasteiger partial charge in [-0.3, -0.25) is 0 Å². The first kappa shape index (κ1) is 10.1. The van der Waals surface area contributed by atoms with E-state index in [1.165, 1.54) is 11.3 Å². The van der Waals surface area contributed by atoms with Gasteiger partial charge in [0.2, 0.25) is 0 Å². The van der Waals surface area contributed by atoms with Gasteiger partial charge >= 0.3 is 0 Å². The minimum absolute atomic E-state index is 0.229. The van der Waals surface area contributed by atoms with Gasteiger partial charge < -0.3 is 4.90 Å². The van der Waals surface area contributed by atoms with E-state index in [0.29, 0.717) is 0 Å². The molecule has 0 saturated heterocycles. The van der Waals surface area contributed by atoms with Crippen molar-refractivity contribution in [1.29, 1.82) is 0 Å². The van der Waals surface area contributed by atoms with Crippen LogP contribution in [0.25, 0.3) is 0 Å². The van der Waals surface area contributed by atoms with Crippen molar-refractivity contribution in [2.45, 2.75) is 20.0 Å². The van der Waals surface area contributed by atoms with Crippen molar-refractivity contribution in [3.05, 3.63) is 54.3 Å². The van der Waals surface area contributed by atoms with Crippen LogP contribution in [0.3, 0.4) is 0 Å². The van der Waals surface area contributed by atoms with Gasteiger partial charge in [-0.1, -0.05) is 24.3 Å². The highest BCUT2D eigenvalue weighted by Crippen LogP contribution is 2.28. The van der Waals surface area contributed by atoms with Crippen LogP contribution in [0.2, 0.25) is 0 Å².